The first-order chi connectivity index (χ1) is 24.2. The van der Waals surface area contributed by atoms with E-state index in [0.717, 1.165) is 18.5 Å². The first-order valence-corrected chi connectivity index (χ1v) is 35.0. The van der Waals surface area contributed by atoms with E-state index in [9.17, 15) is 10.2 Å². The molecule has 0 fully saturated rings. The van der Waals surface area contributed by atoms with Crippen molar-refractivity contribution in [3.8, 4) is 0 Å². The van der Waals surface area contributed by atoms with E-state index in [4.69, 9.17) is 40.9 Å². The molecule has 0 heterocycles. The molecule has 0 radical (unpaired) electrons. The van der Waals surface area contributed by atoms with Gasteiger partial charge in [0.2, 0.25) is 0 Å². The first kappa shape index (κ1) is 52.6. The average Bonchev–Trinajstić information content (AvgIpc) is 3.00. The van der Waals surface area contributed by atoms with Crippen molar-refractivity contribution in [2.45, 2.75) is 186 Å². The van der Waals surface area contributed by atoms with Crippen molar-refractivity contribution in [1.29, 1.82) is 0 Å². The van der Waals surface area contributed by atoms with Crippen LogP contribution in [0.2, 0.25) is 77.6 Å². The Kier molecular flexibility index (Phi) is 28.5. The van der Waals surface area contributed by atoms with Crippen LogP contribution in [-0.4, -0.2) is 127 Å². The Hall–Kier alpha value is 0.644. The molecule has 0 aromatic heterocycles. The highest BCUT2D eigenvalue weighted by Gasteiger charge is 2.48. The van der Waals surface area contributed by atoms with Gasteiger partial charge in [-0.3, -0.25) is 0 Å². The van der Waals surface area contributed by atoms with E-state index in [-0.39, 0.29) is 39.6 Å². The largest absolute Gasteiger partial charge is 0.437 e. The van der Waals surface area contributed by atoms with Crippen LogP contribution in [0.4, 0.5) is 0 Å². The van der Waals surface area contributed by atoms with Crippen molar-refractivity contribution < 1.29 is 51.1 Å². The lowest BCUT2D eigenvalue weighted by Crippen LogP contribution is -2.60. The summed E-state index contributed by atoms with van der Waals surface area (Å²) in [5.74, 6) is 0. The maximum atomic E-state index is 9.68. The smallest absolute Gasteiger partial charge is 0.317 e. The number of aliphatic hydroxyl groups is 4. The van der Waals surface area contributed by atoms with Crippen molar-refractivity contribution in [3.05, 3.63) is 0 Å². The quantitative estimate of drug-likeness (QED) is 0.0363. The average molecular weight is 833 g/mol. The molecule has 0 saturated carbocycles. The minimum Gasteiger partial charge on any atom is -0.437 e. The zero-order valence-corrected chi connectivity index (χ0v) is 40.4. The zero-order valence-electron chi connectivity index (χ0n) is 35.4. The van der Waals surface area contributed by atoms with Crippen LogP contribution in [0, 0.1) is 0 Å². The number of ether oxygens (including phenoxy) is 3. The molecular formula is C36H84O11Si5. The zero-order chi connectivity index (χ0) is 39.7. The molecule has 4 unspecified atom stereocenters. The third-order valence-corrected chi connectivity index (χ3v) is 26.5. The summed E-state index contributed by atoms with van der Waals surface area (Å²) in [5.41, 5.74) is 0. The van der Waals surface area contributed by atoms with Crippen LogP contribution in [-0.2, 0) is 30.7 Å². The standard InChI is InChI=1S/C36H84O11Si5/c1-12-13-14-15-16-17-18-19-20-21-22-23-26-52(11,46-50(8,9)44-48(2,3)4)47-51(10,45-49(5,6)7)27-24-25-43-36(32-41-30-34(39)28-37)33-42-31-35(40)29-38/h34-40H,12-33H2,1-11H3. The SMILES string of the molecule is CCCCCCCCCCCCCC[Si](C)(O[Si](C)(C)O[Si](C)(C)C)O[Si](C)(CCCOC(COCC(O)CO)COCC(O)CO)O[Si](C)(C)C. The van der Waals surface area contributed by atoms with Crippen LogP contribution in [0.5, 0.6) is 0 Å². The first-order valence-electron chi connectivity index (χ1n) is 20.3. The molecule has 52 heavy (non-hydrogen) atoms. The summed E-state index contributed by atoms with van der Waals surface area (Å²) in [6, 6.07) is 1.65. The number of hydrogen-bond acceptors (Lipinski definition) is 11. The van der Waals surface area contributed by atoms with Gasteiger partial charge in [0.15, 0.2) is 16.6 Å². The predicted octanol–water partition coefficient (Wildman–Crippen LogP) is 7.78. The van der Waals surface area contributed by atoms with Crippen LogP contribution >= 0.6 is 0 Å². The van der Waals surface area contributed by atoms with Gasteiger partial charge >= 0.3 is 25.7 Å². The van der Waals surface area contributed by atoms with Gasteiger partial charge in [-0.15, -0.1) is 0 Å². The van der Waals surface area contributed by atoms with Crippen LogP contribution in [0.3, 0.4) is 0 Å². The Balaban J connectivity index is 5.55. The monoisotopic (exact) mass is 832 g/mol. The van der Waals surface area contributed by atoms with E-state index in [2.05, 4.69) is 72.4 Å². The number of unbranched alkanes of at least 4 members (excludes halogenated alkanes) is 11. The molecular weight excluding hydrogens is 749 g/mol. The van der Waals surface area contributed by atoms with Crippen molar-refractivity contribution >= 4 is 42.3 Å². The van der Waals surface area contributed by atoms with Crippen LogP contribution < -0.4 is 0 Å². The van der Waals surface area contributed by atoms with Crippen LogP contribution in [0.25, 0.3) is 0 Å². The lowest BCUT2D eigenvalue weighted by atomic mass is 10.1. The Bertz CT molecular complexity index is 850. The molecule has 0 saturated heterocycles. The fraction of sp³-hybridized carbons (Fsp3) is 1.00. The molecule has 0 aromatic rings. The van der Waals surface area contributed by atoms with Gasteiger partial charge in [0.25, 0.3) is 0 Å². The van der Waals surface area contributed by atoms with Gasteiger partial charge in [0.1, 0.15) is 18.3 Å². The molecule has 0 bridgehead atoms. The molecule has 0 rings (SSSR count). The summed E-state index contributed by atoms with van der Waals surface area (Å²) in [6.07, 6.45) is 14.0. The second-order valence-electron chi connectivity index (χ2n) is 17.3. The molecule has 0 aromatic carbocycles. The molecule has 0 spiro atoms. The lowest BCUT2D eigenvalue weighted by Gasteiger charge is -2.44. The minimum absolute atomic E-state index is 0.0258. The summed E-state index contributed by atoms with van der Waals surface area (Å²) in [5, 5.41) is 37.6. The fourth-order valence-corrected chi connectivity index (χ4v) is 30.3. The Morgan fingerprint density at radius 1 is 0.462 bits per heavy atom. The molecule has 0 amide bonds. The third-order valence-electron chi connectivity index (χ3n) is 8.23. The van der Waals surface area contributed by atoms with E-state index in [1.54, 1.807) is 0 Å². The van der Waals surface area contributed by atoms with Crippen LogP contribution in [0.1, 0.15) is 90.4 Å². The van der Waals surface area contributed by atoms with E-state index >= 15 is 0 Å². The molecule has 4 N–H and O–H groups in total. The second kappa shape index (κ2) is 28.1. The summed E-state index contributed by atoms with van der Waals surface area (Å²) >= 11 is 0. The van der Waals surface area contributed by atoms with Crippen molar-refractivity contribution in [2.75, 3.05) is 46.2 Å². The maximum Gasteiger partial charge on any atom is 0.317 e. The third kappa shape index (κ3) is 30.8. The normalized spacial score (nSPS) is 17.1. The molecule has 314 valence electrons. The van der Waals surface area contributed by atoms with E-state index in [1.807, 2.05) is 0 Å². The maximum absolute atomic E-state index is 9.68. The molecule has 0 aliphatic heterocycles. The van der Waals surface area contributed by atoms with Gasteiger partial charge < -0.3 is 51.1 Å². The molecule has 0 aliphatic rings. The van der Waals surface area contributed by atoms with Crippen molar-refractivity contribution in [3.63, 3.8) is 0 Å². The summed E-state index contributed by atoms with van der Waals surface area (Å²) in [7, 11) is -11.7. The molecule has 0 aliphatic carbocycles. The minimum atomic E-state index is -2.73. The summed E-state index contributed by atoms with van der Waals surface area (Å²) < 4.78 is 45.3. The topological polar surface area (TPSA) is 146 Å². The molecule has 16 heteroatoms. The van der Waals surface area contributed by atoms with Gasteiger partial charge in [-0.2, -0.15) is 0 Å². The Labute approximate surface area is 324 Å². The van der Waals surface area contributed by atoms with E-state index in [0.29, 0.717) is 13.0 Å². The number of aliphatic hydroxyl groups excluding tert-OH is 4. The van der Waals surface area contributed by atoms with E-state index < -0.39 is 60.6 Å². The van der Waals surface area contributed by atoms with Gasteiger partial charge in [0.05, 0.1) is 39.6 Å². The lowest BCUT2D eigenvalue weighted by molar-refractivity contribution is -0.0874. The van der Waals surface area contributed by atoms with Crippen molar-refractivity contribution in [1.82, 2.24) is 0 Å². The summed E-state index contributed by atoms with van der Waals surface area (Å²) in [4.78, 5) is 0. The van der Waals surface area contributed by atoms with Gasteiger partial charge in [-0.25, -0.2) is 0 Å². The molecule has 11 nitrogen and oxygen atoms in total. The fourth-order valence-electron chi connectivity index (χ4n) is 6.48. The van der Waals surface area contributed by atoms with Gasteiger partial charge in [-0.1, -0.05) is 84.0 Å². The predicted molar refractivity (Wildman–Crippen MR) is 225 cm³/mol. The van der Waals surface area contributed by atoms with Gasteiger partial charge in [-0.05, 0) is 84.0 Å². The molecule has 4 atom stereocenters. The summed E-state index contributed by atoms with van der Waals surface area (Å²) in [6.45, 7) is 24.2. The highest BCUT2D eigenvalue weighted by atomic mass is 28.5. The second-order valence-corrected chi connectivity index (χ2v) is 37.3. The highest BCUT2D eigenvalue weighted by Crippen LogP contribution is 2.32. The van der Waals surface area contributed by atoms with E-state index in [1.165, 1.54) is 70.6 Å². The van der Waals surface area contributed by atoms with Crippen molar-refractivity contribution in [2.24, 2.45) is 0 Å². The Morgan fingerprint density at radius 3 is 1.29 bits per heavy atom. The van der Waals surface area contributed by atoms with Gasteiger partial charge in [0, 0.05) is 6.61 Å². The van der Waals surface area contributed by atoms with Crippen LogP contribution in [0.15, 0.2) is 0 Å². The Morgan fingerprint density at radius 2 is 0.865 bits per heavy atom. The highest BCUT2D eigenvalue weighted by molar-refractivity contribution is 6.90. The number of rotatable bonds is 36. The number of hydrogen-bond donors (Lipinski definition) is 4.